The quantitative estimate of drug-likeness (QED) is 0.478. The molecular weight excluding hydrogens is 411 g/mol. The number of carbonyl (C=O) groups excluding carboxylic acids is 1. The van der Waals surface area contributed by atoms with Crippen molar-refractivity contribution in [1.29, 1.82) is 0 Å². The minimum Gasteiger partial charge on any atom is -0.486 e. The molecule has 166 valence electrons. The van der Waals surface area contributed by atoms with Gasteiger partial charge in [0.05, 0.1) is 6.54 Å². The van der Waals surface area contributed by atoms with Gasteiger partial charge in [0.15, 0.2) is 0 Å². The van der Waals surface area contributed by atoms with E-state index in [-0.39, 0.29) is 18.1 Å². The summed E-state index contributed by atoms with van der Waals surface area (Å²) in [6, 6.07) is 16.5. The normalized spacial score (nSPS) is 11.9. The van der Waals surface area contributed by atoms with Crippen LogP contribution in [0, 0.1) is 12.7 Å². The van der Waals surface area contributed by atoms with Crippen LogP contribution in [0.25, 0.3) is 0 Å². The van der Waals surface area contributed by atoms with Gasteiger partial charge >= 0.3 is 5.97 Å². The van der Waals surface area contributed by atoms with Crippen molar-refractivity contribution in [3.8, 4) is 5.75 Å². The molecule has 1 aromatic heterocycles. The van der Waals surface area contributed by atoms with Gasteiger partial charge in [-0.05, 0) is 55.4 Å². The van der Waals surface area contributed by atoms with Crippen LogP contribution >= 0.6 is 0 Å². The zero-order valence-electron chi connectivity index (χ0n) is 18.0. The zero-order valence-corrected chi connectivity index (χ0v) is 18.0. The van der Waals surface area contributed by atoms with Crippen LogP contribution in [0.4, 0.5) is 4.39 Å². The van der Waals surface area contributed by atoms with Crippen molar-refractivity contribution in [3.63, 3.8) is 0 Å². The topological polar surface area (TPSA) is 79.7 Å². The highest BCUT2D eigenvalue weighted by Crippen LogP contribution is 2.27. The van der Waals surface area contributed by atoms with Crippen LogP contribution in [0.15, 0.2) is 66.9 Å². The second-order valence-electron chi connectivity index (χ2n) is 7.60. The Balaban J connectivity index is 1.81. The Morgan fingerprint density at radius 1 is 1.12 bits per heavy atom. The number of hydrogen-bond acceptors (Lipinski definition) is 5. The van der Waals surface area contributed by atoms with Crippen LogP contribution in [0.1, 0.15) is 39.7 Å². The van der Waals surface area contributed by atoms with Crippen LogP contribution in [0.2, 0.25) is 0 Å². The monoisotopic (exact) mass is 436 g/mol. The summed E-state index contributed by atoms with van der Waals surface area (Å²) >= 11 is 0. The number of pyridine rings is 1. The fourth-order valence-corrected chi connectivity index (χ4v) is 3.35. The first kappa shape index (κ1) is 23.1. The molecule has 0 amide bonds. The molecule has 2 aromatic carbocycles. The largest absolute Gasteiger partial charge is 0.486 e. The summed E-state index contributed by atoms with van der Waals surface area (Å²) in [6.07, 6.45) is 1.61. The first-order valence-corrected chi connectivity index (χ1v) is 10.2. The molecule has 3 aromatic rings. The van der Waals surface area contributed by atoms with Gasteiger partial charge < -0.3 is 9.84 Å². The predicted octanol–water partition coefficient (Wildman–Crippen LogP) is 4.29. The number of aliphatic carboxylic acids is 1. The highest BCUT2D eigenvalue weighted by atomic mass is 19.1. The lowest BCUT2D eigenvalue weighted by atomic mass is 10.0. The molecule has 0 fully saturated rings. The molecule has 0 radical (unpaired) electrons. The smallest absolute Gasteiger partial charge is 0.317 e. The third-order valence-electron chi connectivity index (χ3n) is 5.02. The molecule has 3 rings (SSSR count). The van der Waals surface area contributed by atoms with Gasteiger partial charge in [0.25, 0.3) is 0 Å². The standard InChI is InChI=1S/C25H25FN2O4/c1-17-5-4-13-27-24(17)25(31)19-6-3-7-21(15-19)32-22(12-14-28(2)16-23(29)30)18-8-10-20(26)11-9-18/h3-11,13,15,22H,12,14,16H2,1-2H3,(H,29,30). The Hall–Kier alpha value is -3.58. The Bertz CT molecular complexity index is 1090. The summed E-state index contributed by atoms with van der Waals surface area (Å²) in [7, 11) is 1.71. The molecule has 7 heteroatoms. The number of carboxylic acid groups (broad SMARTS) is 1. The summed E-state index contributed by atoms with van der Waals surface area (Å²) in [4.78, 5) is 29.7. The molecule has 1 N–H and O–H groups in total. The minimum absolute atomic E-state index is 0.0937. The van der Waals surface area contributed by atoms with Gasteiger partial charge in [-0.25, -0.2) is 4.39 Å². The lowest BCUT2D eigenvalue weighted by Crippen LogP contribution is -2.28. The number of aromatic nitrogens is 1. The zero-order chi connectivity index (χ0) is 23.1. The first-order chi connectivity index (χ1) is 15.3. The van der Waals surface area contributed by atoms with Crippen molar-refractivity contribution in [2.24, 2.45) is 0 Å². The lowest BCUT2D eigenvalue weighted by Gasteiger charge is -2.23. The third kappa shape index (κ3) is 6.21. The fraction of sp³-hybridized carbons (Fsp3) is 0.240. The average molecular weight is 436 g/mol. The molecule has 0 aliphatic carbocycles. The first-order valence-electron chi connectivity index (χ1n) is 10.2. The number of aryl methyl sites for hydroxylation is 1. The highest BCUT2D eigenvalue weighted by Gasteiger charge is 2.18. The van der Waals surface area contributed by atoms with Crippen molar-refractivity contribution >= 4 is 11.8 Å². The molecule has 32 heavy (non-hydrogen) atoms. The predicted molar refractivity (Wildman–Crippen MR) is 118 cm³/mol. The SMILES string of the molecule is Cc1cccnc1C(=O)c1cccc(OC(CCN(C)CC(=O)O)c2ccc(F)cc2)c1. The van der Waals surface area contributed by atoms with E-state index in [1.807, 2.05) is 13.0 Å². The van der Waals surface area contributed by atoms with Crippen molar-refractivity contribution in [1.82, 2.24) is 9.88 Å². The molecule has 6 nitrogen and oxygen atoms in total. The molecule has 0 saturated heterocycles. The molecule has 1 unspecified atom stereocenters. The number of hydrogen-bond donors (Lipinski definition) is 1. The molecule has 0 bridgehead atoms. The number of nitrogens with zero attached hydrogens (tertiary/aromatic N) is 2. The van der Waals surface area contributed by atoms with E-state index >= 15 is 0 Å². The Kier molecular flexibility index (Phi) is 7.68. The maximum Gasteiger partial charge on any atom is 0.317 e. The molecule has 0 aliphatic rings. The highest BCUT2D eigenvalue weighted by molar-refractivity contribution is 6.08. The summed E-state index contributed by atoms with van der Waals surface area (Å²) in [5.41, 5.74) is 2.38. The van der Waals surface area contributed by atoms with Gasteiger partial charge in [-0.15, -0.1) is 0 Å². The Morgan fingerprint density at radius 2 is 1.88 bits per heavy atom. The van der Waals surface area contributed by atoms with Crippen LogP contribution in [0.3, 0.4) is 0 Å². The molecule has 1 heterocycles. The summed E-state index contributed by atoms with van der Waals surface area (Å²) < 4.78 is 19.6. The number of ether oxygens (including phenoxy) is 1. The van der Waals surface area contributed by atoms with E-state index in [1.165, 1.54) is 12.1 Å². The Labute approximate surface area is 186 Å². The molecular formula is C25H25FN2O4. The van der Waals surface area contributed by atoms with E-state index < -0.39 is 12.1 Å². The van der Waals surface area contributed by atoms with Crippen molar-refractivity contribution in [2.75, 3.05) is 20.1 Å². The number of carbonyl (C=O) groups is 2. The van der Waals surface area contributed by atoms with Crippen molar-refractivity contribution in [2.45, 2.75) is 19.4 Å². The summed E-state index contributed by atoms with van der Waals surface area (Å²) in [5.74, 6) is -0.982. The van der Waals surface area contributed by atoms with Gasteiger partial charge in [0.2, 0.25) is 5.78 Å². The number of rotatable bonds is 10. The molecule has 0 spiro atoms. The van der Waals surface area contributed by atoms with Crippen LogP contribution in [-0.2, 0) is 4.79 Å². The number of ketones is 1. The maximum absolute atomic E-state index is 13.4. The number of benzene rings is 2. The van der Waals surface area contributed by atoms with Crippen LogP contribution in [-0.4, -0.2) is 46.9 Å². The number of likely N-dealkylation sites (N-methyl/N-ethyl adjacent to an activating group) is 1. The fourth-order valence-electron chi connectivity index (χ4n) is 3.35. The number of carboxylic acids is 1. The van der Waals surface area contributed by atoms with E-state index in [0.717, 1.165) is 11.1 Å². The van der Waals surface area contributed by atoms with Gasteiger partial charge in [-0.3, -0.25) is 19.5 Å². The molecule has 1 atom stereocenters. The van der Waals surface area contributed by atoms with E-state index in [4.69, 9.17) is 9.84 Å². The van der Waals surface area contributed by atoms with Crippen molar-refractivity contribution in [3.05, 3.63) is 95.1 Å². The third-order valence-corrected chi connectivity index (χ3v) is 5.02. The second-order valence-corrected chi connectivity index (χ2v) is 7.60. The van der Waals surface area contributed by atoms with E-state index in [1.54, 1.807) is 60.6 Å². The lowest BCUT2D eigenvalue weighted by molar-refractivity contribution is -0.138. The van der Waals surface area contributed by atoms with Gasteiger partial charge in [0.1, 0.15) is 23.4 Å². The van der Waals surface area contributed by atoms with Gasteiger partial charge in [-0.1, -0.05) is 30.3 Å². The van der Waals surface area contributed by atoms with Crippen LogP contribution in [0.5, 0.6) is 5.75 Å². The summed E-state index contributed by atoms with van der Waals surface area (Å²) in [5, 5.41) is 8.98. The van der Waals surface area contributed by atoms with E-state index in [2.05, 4.69) is 4.98 Å². The van der Waals surface area contributed by atoms with Gasteiger partial charge in [-0.2, -0.15) is 0 Å². The van der Waals surface area contributed by atoms with Crippen LogP contribution < -0.4 is 4.74 Å². The molecule has 0 saturated carbocycles. The Morgan fingerprint density at radius 3 is 2.56 bits per heavy atom. The van der Waals surface area contributed by atoms with Gasteiger partial charge in [0, 0.05) is 24.7 Å². The average Bonchev–Trinajstić information content (AvgIpc) is 2.77. The summed E-state index contributed by atoms with van der Waals surface area (Å²) in [6.45, 7) is 2.20. The number of halogens is 1. The van der Waals surface area contributed by atoms with E-state index in [0.29, 0.717) is 30.0 Å². The maximum atomic E-state index is 13.4. The van der Waals surface area contributed by atoms with E-state index in [9.17, 15) is 14.0 Å². The minimum atomic E-state index is -0.914. The molecule has 0 aliphatic heterocycles. The second kappa shape index (κ2) is 10.6. The van der Waals surface area contributed by atoms with Crippen molar-refractivity contribution < 1.29 is 23.8 Å².